The number of rotatable bonds is 8. The first kappa shape index (κ1) is 15.9. The number of methoxy groups -OCH3 is 1. The lowest BCUT2D eigenvalue weighted by molar-refractivity contribution is 0.413. The van der Waals surface area contributed by atoms with E-state index in [4.69, 9.17) is 10.5 Å². The van der Waals surface area contributed by atoms with E-state index in [2.05, 4.69) is 4.72 Å². The summed E-state index contributed by atoms with van der Waals surface area (Å²) in [6.07, 6.45) is 2.27. The first-order valence-corrected chi connectivity index (χ1v) is 7.90. The van der Waals surface area contributed by atoms with Crippen LogP contribution >= 0.6 is 0 Å². The Morgan fingerprint density at radius 3 is 2.68 bits per heavy atom. The SMILES string of the molecule is CCCCNS(=O)(=O)c1ccc(OC)cc1CCN. The molecule has 0 amide bonds. The van der Waals surface area contributed by atoms with Crippen molar-refractivity contribution in [2.75, 3.05) is 20.2 Å². The van der Waals surface area contributed by atoms with Gasteiger partial charge in [-0.25, -0.2) is 13.1 Å². The van der Waals surface area contributed by atoms with E-state index in [0.29, 0.717) is 30.8 Å². The molecule has 3 N–H and O–H groups in total. The normalized spacial score (nSPS) is 11.5. The molecule has 0 bridgehead atoms. The van der Waals surface area contributed by atoms with E-state index in [0.717, 1.165) is 12.8 Å². The van der Waals surface area contributed by atoms with E-state index in [9.17, 15) is 8.42 Å². The maximum Gasteiger partial charge on any atom is 0.240 e. The smallest absolute Gasteiger partial charge is 0.240 e. The maximum absolute atomic E-state index is 12.2. The van der Waals surface area contributed by atoms with Gasteiger partial charge in [0.05, 0.1) is 12.0 Å². The molecule has 108 valence electrons. The summed E-state index contributed by atoms with van der Waals surface area (Å²) in [6, 6.07) is 4.94. The zero-order valence-electron chi connectivity index (χ0n) is 11.5. The number of nitrogens with one attached hydrogen (secondary N) is 1. The van der Waals surface area contributed by atoms with E-state index in [1.54, 1.807) is 25.3 Å². The van der Waals surface area contributed by atoms with Gasteiger partial charge in [0.25, 0.3) is 0 Å². The second-order valence-electron chi connectivity index (χ2n) is 4.26. The molecule has 0 spiro atoms. The number of benzene rings is 1. The highest BCUT2D eigenvalue weighted by Gasteiger charge is 2.18. The lowest BCUT2D eigenvalue weighted by Crippen LogP contribution is -2.26. The van der Waals surface area contributed by atoms with Gasteiger partial charge in [-0.1, -0.05) is 13.3 Å². The molecule has 0 unspecified atom stereocenters. The maximum atomic E-state index is 12.2. The Kier molecular flexibility index (Phi) is 6.27. The molecule has 0 aromatic heterocycles. The minimum absolute atomic E-state index is 0.287. The zero-order chi connectivity index (χ0) is 14.3. The van der Waals surface area contributed by atoms with E-state index in [1.165, 1.54) is 0 Å². The third-order valence-corrected chi connectivity index (χ3v) is 4.35. The molecule has 1 aromatic rings. The Labute approximate surface area is 115 Å². The number of hydrogen-bond donors (Lipinski definition) is 2. The van der Waals surface area contributed by atoms with Crippen molar-refractivity contribution < 1.29 is 13.2 Å². The van der Waals surface area contributed by atoms with Crippen LogP contribution in [0, 0.1) is 0 Å². The first-order valence-electron chi connectivity index (χ1n) is 6.41. The van der Waals surface area contributed by atoms with Crippen LogP contribution in [0.1, 0.15) is 25.3 Å². The Morgan fingerprint density at radius 2 is 2.11 bits per heavy atom. The summed E-state index contributed by atoms with van der Waals surface area (Å²) in [6.45, 7) is 2.86. The van der Waals surface area contributed by atoms with Crippen LogP contribution in [0.15, 0.2) is 23.1 Å². The van der Waals surface area contributed by atoms with Crippen molar-refractivity contribution in [3.8, 4) is 5.75 Å². The van der Waals surface area contributed by atoms with Crippen molar-refractivity contribution in [3.63, 3.8) is 0 Å². The van der Waals surface area contributed by atoms with E-state index < -0.39 is 10.0 Å². The molecule has 1 rings (SSSR count). The summed E-state index contributed by atoms with van der Waals surface area (Å²) < 4.78 is 32.1. The van der Waals surface area contributed by atoms with Crippen molar-refractivity contribution in [3.05, 3.63) is 23.8 Å². The molecule has 6 heteroatoms. The second kappa shape index (κ2) is 7.47. The second-order valence-corrected chi connectivity index (χ2v) is 6.00. The molecule has 19 heavy (non-hydrogen) atoms. The van der Waals surface area contributed by atoms with E-state index in [1.807, 2.05) is 6.92 Å². The lowest BCUT2D eigenvalue weighted by Gasteiger charge is -2.12. The molecule has 5 nitrogen and oxygen atoms in total. The van der Waals surface area contributed by atoms with Crippen molar-refractivity contribution in [2.45, 2.75) is 31.1 Å². The molecule has 0 aliphatic carbocycles. The molecule has 0 atom stereocenters. The number of hydrogen-bond acceptors (Lipinski definition) is 4. The molecule has 1 aromatic carbocycles. The van der Waals surface area contributed by atoms with Crippen LogP contribution in [0.4, 0.5) is 0 Å². The number of sulfonamides is 1. The van der Waals surface area contributed by atoms with Gasteiger partial charge in [-0.15, -0.1) is 0 Å². The summed E-state index contributed by atoms with van der Waals surface area (Å²) in [5.41, 5.74) is 6.22. The molecule has 0 heterocycles. The van der Waals surface area contributed by atoms with Gasteiger partial charge in [-0.05, 0) is 43.1 Å². The number of ether oxygens (including phenoxy) is 1. The monoisotopic (exact) mass is 286 g/mol. The average Bonchev–Trinajstić information content (AvgIpc) is 2.39. The average molecular weight is 286 g/mol. The van der Waals surface area contributed by atoms with Crippen molar-refractivity contribution >= 4 is 10.0 Å². The quantitative estimate of drug-likeness (QED) is 0.705. The molecule has 0 fully saturated rings. The van der Waals surface area contributed by atoms with Crippen LogP contribution in [-0.2, 0) is 16.4 Å². The van der Waals surface area contributed by atoms with Crippen LogP contribution in [0.5, 0.6) is 5.75 Å². The summed E-state index contributed by atoms with van der Waals surface area (Å²) in [5.74, 6) is 0.635. The Morgan fingerprint density at radius 1 is 1.37 bits per heavy atom. The fourth-order valence-electron chi connectivity index (χ4n) is 1.76. The predicted molar refractivity (Wildman–Crippen MR) is 75.8 cm³/mol. The molecule has 0 aliphatic rings. The van der Waals surface area contributed by atoms with Crippen molar-refractivity contribution in [1.82, 2.24) is 4.72 Å². The van der Waals surface area contributed by atoms with Crippen molar-refractivity contribution in [1.29, 1.82) is 0 Å². The Hall–Kier alpha value is -1.11. The Bertz CT molecular complexity index is 501. The van der Waals surface area contributed by atoms with Gasteiger partial charge in [0.2, 0.25) is 10.0 Å². The fraction of sp³-hybridized carbons (Fsp3) is 0.538. The van der Waals surface area contributed by atoms with Gasteiger partial charge in [-0.3, -0.25) is 0 Å². The number of unbranched alkanes of at least 4 members (excludes halogenated alkanes) is 1. The van der Waals surface area contributed by atoms with Crippen molar-refractivity contribution in [2.24, 2.45) is 5.73 Å². The third kappa shape index (κ3) is 4.49. The Balaban J connectivity index is 3.03. The fourth-order valence-corrected chi connectivity index (χ4v) is 3.08. The predicted octanol–water partition coefficient (Wildman–Crippen LogP) is 1.27. The van der Waals surface area contributed by atoms with Crippen LogP contribution < -0.4 is 15.2 Å². The highest BCUT2D eigenvalue weighted by molar-refractivity contribution is 7.89. The molecule has 0 saturated carbocycles. The van der Waals surface area contributed by atoms with Gasteiger partial charge in [-0.2, -0.15) is 0 Å². The zero-order valence-corrected chi connectivity index (χ0v) is 12.3. The van der Waals surface area contributed by atoms with Gasteiger partial charge < -0.3 is 10.5 Å². The van der Waals surface area contributed by atoms with Gasteiger partial charge in [0.1, 0.15) is 5.75 Å². The topological polar surface area (TPSA) is 81.4 Å². The van der Waals surface area contributed by atoms with E-state index >= 15 is 0 Å². The van der Waals surface area contributed by atoms with Crippen LogP contribution in [0.2, 0.25) is 0 Å². The summed E-state index contributed by atoms with van der Waals surface area (Å²) in [4.78, 5) is 0.287. The van der Waals surface area contributed by atoms with E-state index in [-0.39, 0.29) is 4.90 Å². The minimum Gasteiger partial charge on any atom is -0.497 e. The lowest BCUT2D eigenvalue weighted by atomic mass is 10.1. The molecule has 0 saturated heterocycles. The summed E-state index contributed by atoms with van der Waals surface area (Å²) in [7, 11) is -1.92. The first-order chi connectivity index (χ1) is 9.05. The van der Waals surface area contributed by atoms with Crippen LogP contribution in [0.3, 0.4) is 0 Å². The van der Waals surface area contributed by atoms with Gasteiger partial charge in [0.15, 0.2) is 0 Å². The summed E-state index contributed by atoms with van der Waals surface area (Å²) >= 11 is 0. The summed E-state index contributed by atoms with van der Waals surface area (Å²) in [5, 5.41) is 0. The molecular formula is C13H22N2O3S. The number of nitrogens with two attached hydrogens (primary N) is 1. The molecular weight excluding hydrogens is 264 g/mol. The molecule has 0 aliphatic heterocycles. The van der Waals surface area contributed by atoms with Crippen LogP contribution in [-0.4, -0.2) is 28.6 Å². The largest absolute Gasteiger partial charge is 0.497 e. The van der Waals surface area contributed by atoms with Crippen LogP contribution in [0.25, 0.3) is 0 Å². The molecule has 0 radical (unpaired) electrons. The van der Waals surface area contributed by atoms with Gasteiger partial charge >= 0.3 is 0 Å². The standard InChI is InChI=1S/C13H22N2O3S/c1-3-4-9-15-19(16,17)13-6-5-12(18-2)10-11(13)7-8-14/h5-6,10,15H,3-4,7-9,14H2,1-2H3. The highest BCUT2D eigenvalue weighted by Crippen LogP contribution is 2.22. The minimum atomic E-state index is -3.47. The third-order valence-electron chi connectivity index (χ3n) is 2.79. The highest BCUT2D eigenvalue weighted by atomic mass is 32.2. The van der Waals surface area contributed by atoms with Gasteiger partial charge in [0, 0.05) is 6.54 Å².